The summed E-state index contributed by atoms with van der Waals surface area (Å²) < 4.78 is 5.68. The Balaban J connectivity index is 2.70. The van der Waals surface area contributed by atoms with Crippen LogP contribution in [0.3, 0.4) is 0 Å². The van der Waals surface area contributed by atoms with E-state index < -0.39 is 0 Å². The Kier molecular flexibility index (Phi) is 3.97. The van der Waals surface area contributed by atoms with Crippen molar-refractivity contribution in [3.63, 3.8) is 0 Å². The third-order valence-electron chi connectivity index (χ3n) is 1.68. The second kappa shape index (κ2) is 5.24. The van der Waals surface area contributed by atoms with Crippen LogP contribution in [0.25, 0.3) is 0 Å². The van der Waals surface area contributed by atoms with E-state index in [1.165, 1.54) is 0 Å². The van der Waals surface area contributed by atoms with Crippen molar-refractivity contribution in [2.45, 2.75) is 32.8 Å². The van der Waals surface area contributed by atoms with Crippen LogP contribution < -0.4 is 4.74 Å². The standard InChI is InChI=1S/C14H15NO/c1-14(2,3)16-13-9-7-12(8-10-13)6-4-5-11-15/h7-10H,5H2,1-3H3. The number of rotatable bonds is 1. The van der Waals surface area contributed by atoms with Gasteiger partial charge in [0.25, 0.3) is 0 Å². The number of ether oxygens (including phenoxy) is 1. The maximum atomic E-state index is 8.34. The highest BCUT2D eigenvalue weighted by Gasteiger charge is 2.10. The van der Waals surface area contributed by atoms with Gasteiger partial charge in [-0.1, -0.05) is 11.8 Å². The van der Waals surface area contributed by atoms with Gasteiger partial charge in [0.05, 0.1) is 12.5 Å². The van der Waals surface area contributed by atoms with Crippen molar-refractivity contribution in [3.8, 4) is 23.7 Å². The predicted octanol–water partition coefficient (Wildman–Crippen LogP) is 3.13. The van der Waals surface area contributed by atoms with Crippen molar-refractivity contribution in [2.75, 3.05) is 0 Å². The third kappa shape index (κ3) is 4.53. The number of benzene rings is 1. The molecule has 1 aromatic rings. The summed E-state index contributed by atoms with van der Waals surface area (Å²) >= 11 is 0. The van der Waals surface area contributed by atoms with Crippen LogP contribution in [0.1, 0.15) is 32.8 Å². The van der Waals surface area contributed by atoms with Crippen LogP contribution in [0.15, 0.2) is 24.3 Å². The summed E-state index contributed by atoms with van der Waals surface area (Å²) in [6, 6.07) is 9.55. The van der Waals surface area contributed by atoms with Gasteiger partial charge in [-0.05, 0) is 45.0 Å². The minimum absolute atomic E-state index is 0.187. The maximum Gasteiger partial charge on any atom is 0.120 e. The lowest BCUT2D eigenvalue weighted by Crippen LogP contribution is -2.22. The van der Waals surface area contributed by atoms with E-state index in [9.17, 15) is 0 Å². The molecule has 0 radical (unpaired) electrons. The smallest absolute Gasteiger partial charge is 0.120 e. The van der Waals surface area contributed by atoms with E-state index >= 15 is 0 Å². The Labute approximate surface area is 96.9 Å². The molecule has 2 heteroatoms. The quantitative estimate of drug-likeness (QED) is 0.671. The van der Waals surface area contributed by atoms with E-state index in [0.717, 1.165) is 11.3 Å². The molecule has 1 aromatic carbocycles. The molecule has 0 unspecified atom stereocenters. The molecule has 0 aromatic heterocycles. The molecular formula is C14H15NO. The lowest BCUT2D eigenvalue weighted by molar-refractivity contribution is 0.131. The van der Waals surface area contributed by atoms with Crippen LogP contribution in [-0.2, 0) is 0 Å². The average Bonchev–Trinajstić information content (AvgIpc) is 2.19. The van der Waals surface area contributed by atoms with Crippen molar-refractivity contribution < 1.29 is 4.74 Å². The molecule has 0 heterocycles. The molecule has 82 valence electrons. The Hall–Kier alpha value is -1.93. The van der Waals surface area contributed by atoms with Gasteiger partial charge >= 0.3 is 0 Å². The summed E-state index contributed by atoms with van der Waals surface area (Å²) in [4.78, 5) is 0. The first kappa shape index (κ1) is 12.1. The van der Waals surface area contributed by atoms with Crippen molar-refractivity contribution in [3.05, 3.63) is 29.8 Å². The largest absolute Gasteiger partial charge is 0.488 e. The molecule has 0 N–H and O–H groups in total. The van der Waals surface area contributed by atoms with Crippen LogP contribution >= 0.6 is 0 Å². The van der Waals surface area contributed by atoms with Gasteiger partial charge in [0, 0.05) is 5.56 Å². The molecule has 0 saturated carbocycles. The minimum Gasteiger partial charge on any atom is -0.488 e. The van der Waals surface area contributed by atoms with Crippen LogP contribution in [0.5, 0.6) is 5.75 Å². The normalized spacial score (nSPS) is 9.88. The molecule has 0 spiro atoms. The highest BCUT2D eigenvalue weighted by molar-refractivity contribution is 5.38. The van der Waals surface area contributed by atoms with Crippen LogP contribution in [0.4, 0.5) is 0 Å². The summed E-state index contributed by atoms with van der Waals surface area (Å²) in [7, 11) is 0. The molecular weight excluding hydrogens is 198 g/mol. The zero-order chi connectivity index (χ0) is 12.0. The molecule has 0 atom stereocenters. The highest BCUT2D eigenvalue weighted by Crippen LogP contribution is 2.17. The molecule has 0 aliphatic rings. The fourth-order valence-electron chi connectivity index (χ4n) is 1.15. The van der Waals surface area contributed by atoms with Gasteiger partial charge in [0.1, 0.15) is 11.4 Å². The first-order valence-electron chi connectivity index (χ1n) is 5.16. The lowest BCUT2D eigenvalue weighted by Gasteiger charge is -2.21. The van der Waals surface area contributed by atoms with Gasteiger partial charge in [0.15, 0.2) is 0 Å². The SMILES string of the molecule is CC(C)(C)Oc1ccc(C#CCC#N)cc1. The second-order valence-corrected chi connectivity index (χ2v) is 4.38. The molecule has 1 rings (SSSR count). The zero-order valence-electron chi connectivity index (χ0n) is 9.87. The van der Waals surface area contributed by atoms with Gasteiger partial charge in [-0.2, -0.15) is 5.26 Å². The number of hydrogen-bond acceptors (Lipinski definition) is 2. The van der Waals surface area contributed by atoms with Crippen LogP contribution in [0, 0.1) is 23.2 Å². The maximum absolute atomic E-state index is 8.34. The van der Waals surface area contributed by atoms with Crippen LogP contribution in [0.2, 0.25) is 0 Å². The zero-order valence-corrected chi connectivity index (χ0v) is 9.87. The van der Waals surface area contributed by atoms with Gasteiger partial charge < -0.3 is 4.74 Å². The first-order chi connectivity index (χ1) is 7.51. The summed E-state index contributed by atoms with van der Waals surface area (Å²) in [6.45, 7) is 6.02. The van der Waals surface area contributed by atoms with E-state index in [4.69, 9.17) is 10.00 Å². The van der Waals surface area contributed by atoms with Crippen molar-refractivity contribution in [2.24, 2.45) is 0 Å². The van der Waals surface area contributed by atoms with E-state index in [1.54, 1.807) is 0 Å². The molecule has 0 aliphatic heterocycles. The van der Waals surface area contributed by atoms with E-state index in [-0.39, 0.29) is 12.0 Å². The summed E-state index contributed by atoms with van der Waals surface area (Å²) in [6.07, 6.45) is 0.264. The summed E-state index contributed by atoms with van der Waals surface area (Å²) in [5.74, 6) is 6.51. The molecule has 2 nitrogen and oxygen atoms in total. The number of nitriles is 1. The van der Waals surface area contributed by atoms with Crippen molar-refractivity contribution in [1.29, 1.82) is 5.26 Å². The van der Waals surface area contributed by atoms with Crippen molar-refractivity contribution >= 4 is 0 Å². The Morgan fingerprint density at radius 2 is 1.81 bits per heavy atom. The topological polar surface area (TPSA) is 33.0 Å². The van der Waals surface area contributed by atoms with Crippen LogP contribution in [-0.4, -0.2) is 5.60 Å². The van der Waals surface area contributed by atoms with E-state index in [1.807, 2.05) is 51.1 Å². The van der Waals surface area contributed by atoms with Gasteiger partial charge in [-0.15, -0.1) is 0 Å². The molecule has 0 amide bonds. The minimum atomic E-state index is -0.187. The molecule has 0 aliphatic carbocycles. The average molecular weight is 213 g/mol. The number of hydrogen-bond donors (Lipinski definition) is 0. The fourth-order valence-corrected chi connectivity index (χ4v) is 1.15. The predicted molar refractivity (Wildman–Crippen MR) is 63.9 cm³/mol. The highest BCUT2D eigenvalue weighted by atomic mass is 16.5. The van der Waals surface area contributed by atoms with Crippen molar-refractivity contribution in [1.82, 2.24) is 0 Å². The molecule has 0 fully saturated rings. The first-order valence-corrected chi connectivity index (χ1v) is 5.16. The summed E-state index contributed by atoms with van der Waals surface area (Å²) in [5, 5.41) is 8.34. The summed E-state index contributed by atoms with van der Waals surface area (Å²) in [5.41, 5.74) is 0.713. The monoisotopic (exact) mass is 213 g/mol. The van der Waals surface area contributed by atoms with Gasteiger partial charge in [-0.25, -0.2) is 0 Å². The molecule has 16 heavy (non-hydrogen) atoms. The Bertz CT molecular complexity index is 435. The Morgan fingerprint density at radius 3 is 2.31 bits per heavy atom. The molecule has 0 bridgehead atoms. The van der Waals surface area contributed by atoms with E-state index in [0.29, 0.717) is 0 Å². The molecule has 0 saturated heterocycles. The lowest BCUT2D eigenvalue weighted by atomic mass is 10.1. The Morgan fingerprint density at radius 1 is 1.19 bits per heavy atom. The van der Waals surface area contributed by atoms with E-state index in [2.05, 4.69) is 11.8 Å². The van der Waals surface area contributed by atoms with Gasteiger partial charge in [0.2, 0.25) is 0 Å². The number of nitrogens with zero attached hydrogens (tertiary/aromatic N) is 1. The third-order valence-corrected chi connectivity index (χ3v) is 1.68. The fraction of sp³-hybridized carbons (Fsp3) is 0.357. The van der Waals surface area contributed by atoms with Gasteiger partial charge in [-0.3, -0.25) is 0 Å². The second-order valence-electron chi connectivity index (χ2n) is 4.38.